The highest BCUT2D eigenvalue weighted by atomic mass is 32.2. The molecule has 3 N–H and O–H groups in total. The van der Waals surface area contributed by atoms with Gasteiger partial charge < -0.3 is 5.73 Å². The second-order valence-corrected chi connectivity index (χ2v) is 6.35. The average Bonchev–Trinajstić information content (AvgIpc) is 2.37. The Morgan fingerprint density at radius 3 is 2.39 bits per heavy atom. The summed E-state index contributed by atoms with van der Waals surface area (Å²) >= 11 is 0. The molecule has 5 heteroatoms. The summed E-state index contributed by atoms with van der Waals surface area (Å²) in [5, 5.41) is 0. The Balaban J connectivity index is 2.72. The second kappa shape index (κ2) is 6.87. The van der Waals surface area contributed by atoms with Crippen LogP contribution in [0.2, 0.25) is 0 Å². The lowest BCUT2D eigenvalue weighted by atomic mass is 10.1. The highest BCUT2D eigenvalue weighted by Crippen LogP contribution is 2.12. The van der Waals surface area contributed by atoms with Crippen LogP contribution in [-0.4, -0.2) is 21.5 Å². The van der Waals surface area contributed by atoms with Gasteiger partial charge in [0, 0.05) is 6.54 Å². The summed E-state index contributed by atoms with van der Waals surface area (Å²) in [6.45, 7) is 4.85. The van der Waals surface area contributed by atoms with Gasteiger partial charge in [0.05, 0.1) is 4.90 Å². The topological polar surface area (TPSA) is 72.2 Å². The quantitative estimate of drug-likeness (QED) is 0.789. The summed E-state index contributed by atoms with van der Waals surface area (Å²) in [5.74, 6) is 0.138. The molecule has 0 amide bonds. The van der Waals surface area contributed by atoms with E-state index >= 15 is 0 Å². The van der Waals surface area contributed by atoms with Gasteiger partial charge in [0.15, 0.2) is 0 Å². The first-order valence-electron chi connectivity index (χ1n) is 6.28. The third-order valence-electron chi connectivity index (χ3n) is 2.80. The number of sulfonamides is 1. The molecule has 0 saturated heterocycles. The fourth-order valence-corrected chi connectivity index (χ4v) is 2.71. The Morgan fingerprint density at radius 2 is 1.89 bits per heavy atom. The normalized spacial score (nSPS) is 13.5. The van der Waals surface area contributed by atoms with E-state index in [1.165, 1.54) is 0 Å². The molecular formula is C13H22N2O2S. The third kappa shape index (κ3) is 4.40. The van der Waals surface area contributed by atoms with Crippen molar-refractivity contribution in [3.8, 4) is 0 Å². The number of nitrogens with one attached hydrogen (secondary N) is 1. The van der Waals surface area contributed by atoms with Gasteiger partial charge in [-0.15, -0.1) is 0 Å². The Kier molecular flexibility index (Phi) is 5.78. The SMILES string of the molecule is CCCc1ccc(S(=O)(=O)NCC(C)CN)cc1. The first kappa shape index (κ1) is 15.1. The van der Waals surface area contributed by atoms with Crippen LogP contribution in [0.3, 0.4) is 0 Å². The Bertz CT molecular complexity index is 454. The van der Waals surface area contributed by atoms with Gasteiger partial charge in [0.2, 0.25) is 10.0 Å². The van der Waals surface area contributed by atoms with E-state index in [4.69, 9.17) is 5.73 Å². The molecule has 0 saturated carbocycles. The Labute approximate surface area is 110 Å². The second-order valence-electron chi connectivity index (χ2n) is 4.59. The van der Waals surface area contributed by atoms with Crippen molar-refractivity contribution in [2.45, 2.75) is 31.6 Å². The molecule has 1 atom stereocenters. The highest BCUT2D eigenvalue weighted by molar-refractivity contribution is 7.89. The molecule has 0 bridgehead atoms. The zero-order valence-corrected chi connectivity index (χ0v) is 11.8. The summed E-state index contributed by atoms with van der Waals surface area (Å²) in [6.07, 6.45) is 2.02. The largest absolute Gasteiger partial charge is 0.330 e. The molecule has 1 unspecified atom stereocenters. The van der Waals surface area contributed by atoms with Crippen LogP contribution in [0.4, 0.5) is 0 Å². The number of hydrogen-bond donors (Lipinski definition) is 2. The van der Waals surface area contributed by atoms with E-state index in [1.807, 2.05) is 19.1 Å². The van der Waals surface area contributed by atoms with Crippen molar-refractivity contribution in [2.24, 2.45) is 11.7 Å². The molecule has 102 valence electrons. The third-order valence-corrected chi connectivity index (χ3v) is 4.24. The van der Waals surface area contributed by atoms with Crippen LogP contribution in [-0.2, 0) is 16.4 Å². The van der Waals surface area contributed by atoms with Crippen molar-refractivity contribution >= 4 is 10.0 Å². The maximum absolute atomic E-state index is 12.0. The molecule has 0 aromatic heterocycles. The lowest BCUT2D eigenvalue weighted by molar-refractivity contribution is 0.545. The molecule has 0 aliphatic carbocycles. The Morgan fingerprint density at radius 1 is 1.28 bits per heavy atom. The van der Waals surface area contributed by atoms with Gasteiger partial charge in [-0.25, -0.2) is 13.1 Å². The minimum absolute atomic E-state index is 0.138. The number of benzene rings is 1. The van der Waals surface area contributed by atoms with Crippen molar-refractivity contribution in [3.63, 3.8) is 0 Å². The molecule has 0 heterocycles. The van der Waals surface area contributed by atoms with E-state index in [0.29, 0.717) is 18.0 Å². The minimum atomic E-state index is -3.40. The molecule has 4 nitrogen and oxygen atoms in total. The number of aryl methyl sites for hydroxylation is 1. The lowest BCUT2D eigenvalue weighted by Gasteiger charge is -2.11. The standard InChI is InChI=1S/C13H22N2O2S/c1-3-4-12-5-7-13(8-6-12)18(16,17)15-10-11(2)9-14/h5-8,11,15H,3-4,9-10,14H2,1-2H3. The van der Waals surface area contributed by atoms with Crippen LogP contribution in [0.5, 0.6) is 0 Å². The molecule has 0 aliphatic heterocycles. The first-order valence-corrected chi connectivity index (χ1v) is 7.76. The number of nitrogens with two attached hydrogens (primary N) is 1. The van der Waals surface area contributed by atoms with Crippen LogP contribution in [0, 0.1) is 5.92 Å². The van der Waals surface area contributed by atoms with Gasteiger partial charge in [0.1, 0.15) is 0 Å². The van der Waals surface area contributed by atoms with Crippen molar-refractivity contribution in [1.82, 2.24) is 4.72 Å². The van der Waals surface area contributed by atoms with Crippen molar-refractivity contribution in [1.29, 1.82) is 0 Å². The molecule has 1 rings (SSSR count). The van der Waals surface area contributed by atoms with Crippen molar-refractivity contribution in [2.75, 3.05) is 13.1 Å². The van der Waals surface area contributed by atoms with E-state index in [0.717, 1.165) is 18.4 Å². The van der Waals surface area contributed by atoms with Gasteiger partial charge in [0.25, 0.3) is 0 Å². The summed E-state index contributed by atoms with van der Waals surface area (Å²) < 4.78 is 26.5. The van der Waals surface area contributed by atoms with E-state index in [9.17, 15) is 8.42 Å². The molecule has 0 radical (unpaired) electrons. The van der Waals surface area contributed by atoms with Gasteiger partial charge in [-0.3, -0.25) is 0 Å². The minimum Gasteiger partial charge on any atom is -0.330 e. The fraction of sp³-hybridized carbons (Fsp3) is 0.538. The predicted octanol–water partition coefficient (Wildman–Crippen LogP) is 1.51. The molecule has 1 aromatic carbocycles. The molecule has 0 aliphatic rings. The van der Waals surface area contributed by atoms with Gasteiger partial charge >= 0.3 is 0 Å². The Hall–Kier alpha value is -0.910. The molecular weight excluding hydrogens is 248 g/mol. The molecule has 1 aromatic rings. The smallest absolute Gasteiger partial charge is 0.240 e. The molecule has 0 spiro atoms. The molecule has 0 fully saturated rings. The van der Waals surface area contributed by atoms with Crippen LogP contribution in [0.1, 0.15) is 25.8 Å². The van der Waals surface area contributed by atoms with E-state index in [-0.39, 0.29) is 5.92 Å². The average molecular weight is 270 g/mol. The van der Waals surface area contributed by atoms with Crippen molar-refractivity contribution in [3.05, 3.63) is 29.8 Å². The summed E-state index contributed by atoms with van der Waals surface area (Å²) in [5.41, 5.74) is 6.62. The van der Waals surface area contributed by atoms with Crippen molar-refractivity contribution < 1.29 is 8.42 Å². The summed E-state index contributed by atoms with van der Waals surface area (Å²) in [6, 6.07) is 7.04. The lowest BCUT2D eigenvalue weighted by Crippen LogP contribution is -2.31. The van der Waals surface area contributed by atoms with E-state index < -0.39 is 10.0 Å². The zero-order valence-electron chi connectivity index (χ0n) is 11.0. The fourth-order valence-electron chi connectivity index (χ4n) is 1.54. The first-order chi connectivity index (χ1) is 8.49. The maximum Gasteiger partial charge on any atom is 0.240 e. The van der Waals surface area contributed by atoms with Gasteiger partial charge in [-0.1, -0.05) is 32.4 Å². The zero-order chi connectivity index (χ0) is 13.6. The summed E-state index contributed by atoms with van der Waals surface area (Å²) in [4.78, 5) is 0.312. The van der Waals surface area contributed by atoms with Gasteiger partial charge in [-0.05, 0) is 36.6 Å². The summed E-state index contributed by atoms with van der Waals surface area (Å²) in [7, 11) is -3.40. The van der Waals surface area contributed by atoms with Crippen LogP contribution >= 0.6 is 0 Å². The van der Waals surface area contributed by atoms with Gasteiger partial charge in [-0.2, -0.15) is 0 Å². The number of hydrogen-bond acceptors (Lipinski definition) is 3. The molecule has 18 heavy (non-hydrogen) atoms. The van der Waals surface area contributed by atoms with Crippen LogP contribution in [0.15, 0.2) is 29.2 Å². The highest BCUT2D eigenvalue weighted by Gasteiger charge is 2.14. The predicted molar refractivity (Wildman–Crippen MR) is 73.8 cm³/mol. The van der Waals surface area contributed by atoms with Crippen LogP contribution in [0.25, 0.3) is 0 Å². The monoisotopic (exact) mass is 270 g/mol. The van der Waals surface area contributed by atoms with E-state index in [2.05, 4.69) is 11.6 Å². The van der Waals surface area contributed by atoms with Crippen LogP contribution < -0.4 is 10.5 Å². The van der Waals surface area contributed by atoms with E-state index in [1.54, 1.807) is 12.1 Å². The maximum atomic E-state index is 12.0. The number of rotatable bonds is 7.